The third-order valence-corrected chi connectivity index (χ3v) is 4.59. The molecule has 1 atom stereocenters. The molecule has 98 valence electrons. The summed E-state index contributed by atoms with van der Waals surface area (Å²) in [4.78, 5) is 0. The number of nitrogens with zero attached hydrogens (tertiary/aromatic N) is 3. The van der Waals surface area contributed by atoms with Gasteiger partial charge in [0.15, 0.2) is 5.25 Å². The van der Waals surface area contributed by atoms with Gasteiger partial charge in [0.1, 0.15) is 5.82 Å². The van der Waals surface area contributed by atoms with Gasteiger partial charge in [0.25, 0.3) is 0 Å². The van der Waals surface area contributed by atoms with E-state index < -0.39 is 15.3 Å². The van der Waals surface area contributed by atoms with Crippen molar-refractivity contribution in [2.45, 2.75) is 24.6 Å². The summed E-state index contributed by atoms with van der Waals surface area (Å²) in [6, 6.07) is 3.55. The quantitative estimate of drug-likeness (QED) is 0.788. The number of sulfonamides is 1. The molecule has 0 spiro atoms. The maximum atomic E-state index is 12.0. The predicted octanol–water partition coefficient (Wildman–Crippen LogP) is 0.0713. The first-order chi connectivity index (χ1) is 8.58. The fraction of sp³-hybridized carbons (Fsp3) is 0.600. The summed E-state index contributed by atoms with van der Waals surface area (Å²) in [5.41, 5.74) is 0. The second kappa shape index (κ2) is 4.96. The van der Waals surface area contributed by atoms with Crippen molar-refractivity contribution in [1.82, 2.24) is 15.1 Å². The van der Waals surface area contributed by atoms with Crippen LogP contribution in [-0.4, -0.2) is 36.5 Å². The molecule has 0 bridgehead atoms. The van der Waals surface area contributed by atoms with E-state index in [1.807, 2.05) is 0 Å². The molecule has 1 fully saturated rings. The van der Waals surface area contributed by atoms with Crippen LogP contribution in [0, 0.1) is 11.3 Å². The lowest BCUT2D eigenvalue weighted by molar-refractivity contribution is 0.322. The Kier molecular flexibility index (Phi) is 3.54. The maximum Gasteiger partial charge on any atom is 0.250 e. The van der Waals surface area contributed by atoms with Gasteiger partial charge in [0.2, 0.25) is 10.0 Å². The molecule has 1 unspecified atom stereocenters. The van der Waals surface area contributed by atoms with Crippen LogP contribution in [0.15, 0.2) is 12.3 Å². The van der Waals surface area contributed by atoms with Crippen molar-refractivity contribution in [3.05, 3.63) is 12.3 Å². The van der Waals surface area contributed by atoms with Gasteiger partial charge in [-0.05, 0) is 6.42 Å². The molecule has 0 amide bonds. The minimum absolute atomic E-state index is 0.167. The molecule has 1 aliphatic heterocycles. The van der Waals surface area contributed by atoms with Crippen molar-refractivity contribution in [3.63, 3.8) is 0 Å². The zero-order chi connectivity index (χ0) is 13.2. The molecule has 0 radical (unpaired) electrons. The van der Waals surface area contributed by atoms with Gasteiger partial charge in [-0.2, -0.15) is 10.4 Å². The number of hydrogen-bond donors (Lipinski definition) is 2. The summed E-state index contributed by atoms with van der Waals surface area (Å²) >= 11 is 0. The first-order valence-corrected chi connectivity index (χ1v) is 7.28. The van der Waals surface area contributed by atoms with E-state index in [4.69, 9.17) is 5.26 Å². The zero-order valence-corrected chi connectivity index (χ0v) is 10.8. The van der Waals surface area contributed by atoms with Crippen molar-refractivity contribution >= 4 is 15.8 Å². The Hall–Kier alpha value is -1.59. The molecule has 2 heterocycles. The van der Waals surface area contributed by atoms with Crippen molar-refractivity contribution in [1.29, 1.82) is 5.26 Å². The van der Waals surface area contributed by atoms with E-state index in [2.05, 4.69) is 15.1 Å². The van der Waals surface area contributed by atoms with Crippen LogP contribution in [-0.2, 0) is 10.0 Å². The van der Waals surface area contributed by atoms with E-state index >= 15 is 0 Å². The van der Waals surface area contributed by atoms with E-state index in [1.165, 1.54) is 0 Å². The summed E-state index contributed by atoms with van der Waals surface area (Å²) < 4.78 is 28.0. The Morgan fingerprint density at radius 1 is 1.72 bits per heavy atom. The molecule has 1 aliphatic rings. The molecule has 7 nitrogen and oxygen atoms in total. The predicted molar refractivity (Wildman–Crippen MR) is 66.4 cm³/mol. The van der Waals surface area contributed by atoms with E-state index in [9.17, 15) is 8.42 Å². The smallest absolute Gasteiger partial charge is 0.250 e. The van der Waals surface area contributed by atoms with E-state index in [1.54, 1.807) is 29.9 Å². The number of hydrogen-bond acceptors (Lipinski definition) is 5. The topological polar surface area (TPSA) is 99.8 Å². The van der Waals surface area contributed by atoms with Gasteiger partial charge < -0.3 is 5.32 Å². The Morgan fingerprint density at radius 2 is 2.44 bits per heavy atom. The molecule has 2 rings (SSSR count). The van der Waals surface area contributed by atoms with Gasteiger partial charge in [-0.25, -0.2) is 13.1 Å². The number of aromatic nitrogens is 2. The van der Waals surface area contributed by atoms with E-state index in [0.717, 1.165) is 13.1 Å². The van der Waals surface area contributed by atoms with E-state index in [0.29, 0.717) is 5.82 Å². The Morgan fingerprint density at radius 3 is 2.94 bits per heavy atom. The van der Waals surface area contributed by atoms with Crippen molar-refractivity contribution in [2.75, 3.05) is 17.8 Å². The highest BCUT2D eigenvalue weighted by Crippen LogP contribution is 2.19. The standard InChI is InChI=1S/C10H15N5O2S/c1-2-9(5-11)18(16,17)14-10-3-4-13-15(10)8-6-12-7-8/h3-4,8-9,12,14H,2,6-7H2,1H3. The second-order valence-corrected chi connectivity index (χ2v) is 6.01. The lowest BCUT2D eigenvalue weighted by Crippen LogP contribution is -2.44. The molecular formula is C10H15N5O2S. The Balaban J connectivity index is 2.19. The van der Waals surface area contributed by atoms with Crippen LogP contribution in [0.5, 0.6) is 0 Å². The first-order valence-electron chi connectivity index (χ1n) is 5.74. The van der Waals surface area contributed by atoms with Crippen molar-refractivity contribution in [3.8, 4) is 6.07 Å². The van der Waals surface area contributed by atoms with Crippen LogP contribution in [0.2, 0.25) is 0 Å². The normalized spacial score (nSPS) is 17.8. The van der Waals surface area contributed by atoms with Gasteiger partial charge in [-0.3, -0.25) is 4.72 Å². The van der Waals surface area contributed by atoms with Crippen LogP contribution in [0.25, 0.3) is 0 Å². The minimum Gasteiger partial charge on any atom is -0.312 e. The number of rotatable bonds is 5. The van der Waals surface area contributed by atoms with Crippen molar-refractivity contribution in [2.24, 2.45) is 0 Å². The van der Waals surface area contributed by atoms with Gasteiger partial charge in [-0.15, -0.1) is 0 Å². The summed E-state index contributed by atoms with van der Waals surface area (Å²) in [7, 11) is -3.68. The highest BCUT2D eigenvalue weighted by molar-refractivity contribution is 7.93. The number of nitriles is 1. The van der Waals surface area contributed by atoms with Gasteiger partial charge in [0.05, 0.1) is 18.3 Å². The summed E-state index contributed by atoms with van der Waals surface area (Å²) in [5.74, 6) is 0.412. The lowest BCUT2D eigenvalue weighted by atomic mass is 10.2. The van der Waals surface area contributed by atoms with Crippen LogP contribution in [0.3, 0.4) is 0 Å². The molecular weight excluding hydrogens is 254 g/mol. The Labute approximate surface area is 106 Å². The molecule has 2 N–H and O–H groups in total. The molecule has 0 aromatic carbocycles. The summed E-state index contributed by atoms with van der Waals surface area (Å²) in [6.45, 7) is 3.21. The third-order valence-electron chi connectivity index (χ3n) is 2.91. The van der Waals surface area contributed by atoms with Crippen LogP contribution in [0.4, 0.5) is 5.82 Å². The third kappa shape index (κ3) is 2.32. The number of nitrogens with one attached hydrogen (secondary N) is 2. The van der Waals surface area contributed by atoms with Crippen molar-refractivity contribution < 1.29 is 8.42 Å². The maximum absolute atomic E-state index is 12.0. The molecule has 0 aliphatic carbocycles. The SMILES string of the molecule is CCC(C#N)S(=O)(=O)Nc1ccnn1C1CNC1. The van der Waals surface area contributed by atoms with Gasteiger partial charge >= 0.3 is 0 Å². The van der Waals surface area contributed by atoms with Gasteiger partial charge in [0, 0.05) is 19.2 Å². The highest BCUT2D eigenvalue weighted by atomic mass is 32.2. The first kappa shape index (κ1) is 12.9. The minimum atomic E-state index is -3.68. The summed E-state index contributed by atoms with van der Waals surface area (Å²) in [6.07, 6.45) is 1.80. The summed E-state index contributed by atoms with van der Waals surface area (Å²) in [5, 5.41) is 15.0. The van der Waals surface area contributed by atoms with Crippen LogP contribution in [0.1, 0.15) is 19.4 Å². The lowest BCUT2D eigenvalue weighted by Gasteiger charge is -2.28. The average molecular weight is 269 g/mol. The molecule has 8 heteroatoms. The van der Waals surface area contributed by atoms with Gasteiger partial charge in [-0.1, -0.05) is 6.92 Å². The van der Waals surface area contributed by atoms with Crippen LogP contribution < -0.4 is 10.0 Å². The Bertz CT molecular complexity index is 555. The zero-order valence-electron chi connectivity index (χ0n) is 10.00. The highest BCUT2D eigenvalue weighted by Gasteiger charge is 2.27. The van der Waals surface area contributed by atoms with Crippen LogP contribution >= 0.6 is 0 Å². The molecule has 0 saturated carbocycles. The second-order valence-electron chi connectivity index (χ2n) is 4.15. The fourth-order valence-electron chi connectivity index (χ4n) is 1.73. The molecule has 1 aromatic heterocycles. The monoisotopic (exact) mass is 269 g/mol. The average Bonchev–Trinajstić information content (AvgIpc) is 2.64. The fourth-order valence-corrected chi connectivity index (χ4v) is 2.90. The molecule has 1 saturated heterocycles. The number of anilines is 1. The largest absolute Gasteiger partial charge is 0.312 e. The van der Waals surface area contributed by atoms with E-state index in [-0.39, 0.29) is 12.5 Å². The molecule has 18 heavy (non-hydrogen) atoms. The molecule has 1 aromatic rings.